The molecule has 0 aliphatic heterocycles. The minimum Gasteiger partial charge on any atom is -0.508 e. The van der Waals surface area contributed by atoms with Gasteiger partial charge in [-0.05, 0) is 31.4 Å². The molecule has 0 radical (unpaired) electrons. The Morgan fingerprint density at radius 2 is 2.14 bits per heavy atom. The summed E-state index contributed by atoms with van der Waals surface area (Å²) in [4.78, 5) is 0. The van der Waals surface area contributed by atoms with Crippen LogP contribution in [-0.2, 0) is 0 Å². The second-order valence-electron chi connectivity index (χ2n) is 4.07. The Hall–Kier alpha value is -1.22. The molecule has 0 aromatic heterocycles. The van der Waals surface area contributed by atoms with Crippen molar-refractivity contribution in [2.45, 2.75) is 31.8 Å². The Labute approximate surface area is 83.9 Å². The number of nitrogens with one attached hydrogen (secondary N) is 1. The molecule has 1 fully saturated rings. The van der Waals surface area contributed by atoms with Gasteiger partial charge in [-0.1, -0.05) is 6.07 Å². The third-order valence-corrected chi connectivity index (χ3v) is 2.75. The van der Waals surface area contributed by atoms with E-state index in [2.05, 4.69) is 5.32 Å². The van der Waals surface area contributed by atoms with Gasteiger partial charge in [-0.2, -0.15) is 0 Å². The molecule has 76 valence electrons. The Bertz CT molecular complexity index is 332. The molecule has 1 aromatic rings. The molecule has 0 heterocycles. The monoisotopic (exact) mass is 192 g/mol. The number of hydrogen-bond donors (Lipinski definition) is 3. The second-order valence-corrected chi connectivity index (χ2v) is 4.07. The fourth-order valence-electron chi connectivity index (χ4n) is 1.71. The first-order valence-corrected chi connectivity index (χ1v) is 4.97. The van der Waals surface area contributed by atoms with Gasteiger partial charge in [-0.25, -0.2) is 0 Å². The van der Waals surface area contributed by atoms with Crippen molar-refractivity contribution in [2.24, 2.45) is 5.73 Å². The third kappa shape index (κ3) is 1.82. The number of benzene rings is 1. The molecule has 0 unspecified atom stereocenters. The lowest BCUT2D eigenvalue weighted by molar-refractivity contribution is 0.373. The van der Waals surface area contributed by atoms with E-state index in [1.54, 1.807) is 6.07 Å². The molecule has 0 spiro atoms. The highest BCUT2D eigenvalue weighted by Gasteiger charge is 2.25. The lowest BCUT2D eigenvalue weighted by Gasteiger charge is -2.33. The molecule has 2 rings (SSSR count). The van der Waals surface area contributed by atoms with Crippen LogP contribution in [0, 0.1) is 6.92 Å². The van der Waals surface area contributed by atoms with Crippen molar-refractivity contribution in [3.63, 3.8) is 0 Å². The molecule has 3 nitrogen and oxygen atoms in total. The number of aryl methyl sites for hydroxylation is 1. The Morgan fingerprint density at radius 3 is 2.71 bits per heavy atom. The first-order valence-electron chi connectivity index (χ1n) is 4.97. The predicted octanol–water partition coefficient (Wildman–Crippen LogP) is 1.60. The molecule has 0 atom stereocenters. The molecule has 1 aliphatic carbocycles. The maximum Gasteiger partial charge on any atom is 0.120 e. The van der Waals surface area contributed by atoms with E-state index in [0.717, 1.165) is 24.1 Å². The quantitative estimate of drug-likeness (QED) is 0.667. The SMILES string of the molecule is Cc1ccc(NC2CC(N)C2)cc1O. The summed E-state index contributed by atoms with van der Waals surface area (Å²) in [5.41, 5.74) is 7.57. The van der Waals surface area contributed by atoms with E-state index in [-0.39, 0.29) is 0 Å². The van der Waals surface area contributed by atoms with Gasteiger partial charge in [-0.15, -0.1) is 0 Å². The van der Waals surface area contributed by atoms with Crippen molar-refractivity contribution >= 4 is 5.69 Å². The van der Waals surface area contributed by atoms with Crippen LogP contribution in [-0.4, -0.2) is 17.2 Å². The largest absolute Gasteiger partial charge is 0.508 e. The number of phenolic OH excluding ortho intramolecular Hbond substituents is 1. The topological polar surface area (TPSA) is 58.3 Å². The second kappa shape index (κ2) is 3.50. The molecule has 1 saturated carbocycles. The minimum atomic E-state index is 0.346. The molecule has 3 heteroatoms. The van der Waals surface area contributed by atoms with Crippen molar-refractivity contribution in [3.05, 3.63) is 23.8 Å². The lowest BCUT2D eigenvalue weighted by atomic mass is 9.87. The maximum absolute atomic E-state index is 9.49. The normalized spacial score (nSPS) is 25.6. The summed E-state index contributed by atoms with van der Waals surface area (Å²) in [7, 11) is 0. The number of anilines is 1. The first kappa shape index (κ1) is 9.34. The molecule has 1 aliphatic rings. The maximum atomic E-state index is 9.49. The van der Waals surface area contributed by atoms with E-state index in [4.69, 9.17) is 5.73 Å². The van der Waals surface area contributed by atoms with Crippen LogP contribution in [0.5, 0.6) is 5.75 Å². The highest BCUT2D eigenvalue weighted by Crippen LogP contribution is 2.26. The highest BCUT2D eigenvalue weighted by atomic mass is 16.3. The van der Waals surface area contributed by atoms with E-state index >= 15 is 0 Å². The Balaban J connectivity index is 2.00. The molecule has 0 saturated heterocycles. The summed E-state index contributed by atoms with van der Waals surface area (Å²) in [5.74, 6) is 0.346. The van der Waals surface area contributed by atoms with Gasteiger partial charge in [0.15, 0.2) is 0 Å². The van der Waals surface area contributed by atoms with Crippen molar-refractivity contribution < 1.29 is 5.11 Å². The van der Waals surface area contributed by atoms with Crippen LogP contribution in [0.3, 0.4) is 0 Å². The summed E-state index contributed by atoms with van der Waals surface area (Å²) in [6, 6.07) is 6.49. The third-order valence-electron chi connectivity index (χ3n) is 2.75. The van der Waals surface area contributed by atoms with Gasteiger partial charge in [0.05, 0.1) is 0 Å². The van der Waals surface area contributed by atoms with Crippen molar-refractivity contribution in [1.29, 1.82) is 0 Å². The van der Waals surface area contributed by atoms with Gasteiger partial charge in [0, 0.05) is 23.8 Å². The highest BCUT2D eigenvalue weighted by molar-refractivity contribution is 5.51. The van der Waals surface area contributed by atoms with Gasteiger partial charge >= 0.3 is 0 Å². The Morgan fingerprint density at radius 1 is 1.43 bits per heavy atom. The van der Waals surface area contributed by atoms with E-state index in [1.165, 1.54) is 0 Å². The lowest BCUT2D eigenvalue weighted by Crippen LogP contribution is -2.44. The zero-order valence-corrected chi connectivity index (χ0v) is 8.33. The van der Waals surface area contributed by atoms with E-state index in [0.29, 0.717) is 17.8 Å². The van der Waals surface area contributed by atoms with Crippen molar-refractivity contribution in [1.82, 2.24) is 0 Å². The van der Waals surface area contributed by atoms with Gasteiger partial charge in [0.2, 0.25) is 0 Å². The first-order chi connectivity index (χ1) is 6.65. The van der Waals surface area contributed by atoms with Crippen LogP contribution in [0.1, 0.15) is 18.4 Å². The summed E-state index contributed by atoms with van der Waals surface area (Å²) < 4.78 is 0. The van der Waals surface area contributed by atoms with Crippen LogP contribution in [0.4, 0.5) is 5.69 Å². The predicted molar refractivity (Wildman–Crippen MR) is 57.5 cm³/mol. The summed E-state index contributed by atoms with van der Waals surface area (Å²) >= 11 is 0. The Kier molecular flexibility index (Phi) is 2.33. The summed E-state index contributed by atoms with van der Waals surface area (Å²) in [6.07, 6.45) is 2.04. The van der Waals surface area contributed by atoms with E-state index < -0.39 is 0 Å². The number of rotatable bonds is 2. The molecular formula is C11H16N2O. The van der Waals surface area contributed by atoms with Gasteiger partial charge in [-0.3, -0.25) is 0 Å². The minimum absolute atomic E-state index is 0.346. The van der Waals surface area contributed by atoms with Gasteiger partial charge in [0.25, 0.3) is 0 Å². The number of nitrogens with two attached hydrogens (primary N) is 1. The van der Waals surface area contributed by atoms with Crippen molar-refractivity contribution in [2.75, 3.05) is 5.32 Å². The zero-order valence-electron chi connectivity index (χ0n) is 8.33. The van der Waals surface area contributed by atoms with E-state index in [1.807, 2.05) is 19.1 Å². The van der Waals surface area contributed by atoms with Crippen molar-refractivity contribution in [3.8, 4) is 5.75 Å². The summed E-state index contributed by atoms with van der Waals surface area (Å²) in [6.45, 7) is 1.89. The van der Waals surface area contributed by atoms with Gasteiger partial charge in [0.1, 0.15) is 5.75 Å². The standard InChI is InChI=1S/C11H16N2O/c1-7-2-3-9(6-11(7)14)13-10-4-8(12)5-10/h2-3,6,8,10,13-14H,4-5,12H2,1H3. The fourth-order valence-corrected chi connectivity index (χ4v) is 1.71. The van der Waals surface area contributed by atoms with Crippen LogP contribution in [0.15, 0.2) is 18.2 Å². The number of hydrogen-bond acceptors (Lipinski definition) is 3. The molecule has 14 heavy (non-hydrogen) atoms. The fraction of sp³-hybridized carbons (Fsp3) is 0.455. The number of aromatic hydroxyl groups is 1. The average Bonchev–Trinajstić information content (AvgIpc) is 2.09. The van der Waals surface area contributed by atoms with E-state index in [9.17, 15) is 5.11 Å². The van der Waals surface area contributed by atoms with Crippen LogP contribution < -0.4 is 11.1 Å². The molecule has 0 amide bonds. The van der Waals surface area contributed by atoms with Crippen LogP contribution >= 0.6 is 0 Å². The average molecular weight is 192 g/mol. The smallest absolute Gasteiger partial charge is 0.120 e. The van der Waals surface area contributed by atoms with Crippen LogP contribution in [0.25, 0.3) is 0 Å². The molecular weight excluding hydrogens is 176 g/mol. The molecule has 1 aromatic carbocycles. The molecule has 4 N–H and O–H groups in total. The number of phenols is 1. The zero-order chi connectivity index (χ0) is 10.1. The molecule has 0 bridgehead atoms. The van der Waals surface area contributed by atoms with Gasteiger partial charge < -0.3 is 16.2 Å². The summed E-state index contributed by atoms with van der Waals surface area (Å²) in [5, 5.41) is 12.8. The van der Waals surface area contributed by atoms with Crippen LogP contribution in [0.2, 0.25) is 0 Å².